The van der Waals surface area contributed by atoms with E-state index in [4.69, 9.17) is 10.5 Å². The quantitative estimate of drug-likeness (QED) is 0.844. The van der Waals surface area contributed by atoms with Crippen LogP contribution in [0.1, 0.15) is 6.92 Å². The van der Waals surface area contributed by atoms with Crippen molar-refractivity contribution >= 4 is 27.5 Å². The predicted octanol–water partition coefficient (Wildman–Crippen LogP) is 2.00. The van der Waals surface area contributed by atoms with Gasteiger partial charge in [0.2, 0.25) is 5.91 Å². The molecular formula is C12H17BrN2O2. The number of carbonyl (C=O) groups excluding carboxylic acids is 1. The Bertz CT molecular complexity index is 385. The van der Waals surface area contributed by atoms with E-state index in [9.17, 15) is 4.79 Å². The van der Waals surface area contributed by atoms with Gasteiger partial charge in [0.05, 0.1) is 6.61 Å². The Labute approximate surface area is 110 Å². The first kappa shape index (κ1) is 14.0. The first-order chi connectivity index (χ1) is 8.04. The third-order valence-electron chi connectivity index (χ3n) is 2.45. The predicted molar refractivity (Wildman–Crippen MR) is 71.8 cm³/mol. The molecule has 0 aliphatic heterocycles. The van der Waals surface area contributed by atoms with Crippen LogP contribution in [0.3, 0.4) is 0 Å². The summed E-state index contributed by atoms with van der Waals surface area (Å²) in [7, 11) is 1.60. The van der Waals surface area contributed by atoms with Gasteiger partial charge in [0, 0.05) is 23.2 Å². The highest BCUT2D eigenvalue weighted by atomic mass is 79.9. The van der Waals surface area contributed by atoms with Crippen LogP contribution in [0.25, 0.3) is 0 Å². The van der Waals surface area contributed by atoms with Crippen molar-refractivity contribution in [1.82, 2.24) is 0 Å². The highest BCUT2D eigenvalue weighted by molar-refractivity contribution is 9.10. The van der Waals surface area contributed by atoms with Crippen molar-refractivity contribution in [2.75, 3.05) is 19.0 Å². The van der Waals surface area contributed by atoms with Crippen LogP contribution in [0.4, 0.5) is 5.69 Å². The zero-order chi connectivity index (χ0) is 12.8. The number of halogens is 1. The molecule has 1 aromatic rings. The van der Waals surface area contributed by atoms with Crippen molar-refractivity contribution in [1.29, 1.82) is 0 Å². The summed E-state index contributed by atoms with van der Waals surface area (Å²) < 4.78 is 5.99. The molecule has 3 N–H and O–H groups in total. The van der Waals surface area contributed by atoms with E-state index in [0.29, 0.717) is 6.61 Å². The van der Waals surface area contributed by atoms with E-state index in [1.165, 1.54) is 0 Å². The maximum absolute atomic E-state index is 11.4. The fourth-order valence-electron chi connectivity index (χ4n) is 1.61. The molecule has 94 valence electrons. The zero-order valence-electron chi connectivity index (χ0n) is 9.94. The van der Waals surface area contributed by atoms with Crippen LogP contribution in [0, 0.1) is 5.92 Å². The topological polar surface area (TPSA) is 64.3 Å². The number of ether oxygens (including phenoxy) is 1. The van der Waals surface area contributed by atoms with Gasteiger partial charge in [0.25, 0.3) is 0 Å². The third-order valence-corrected chi connectivity index (χ3v) is 2.95. The molecule has 0 aliphatic rings. The number of benzene rings is 1. The number of methoxy groups -OCH3 is 1. The standard InChI is InChI=1S/C12H17BrN2O2/c1-8(7-17-2)11(12(14)16)15-10-5-3-4-9(13)6-10/h3-6,8,11,15H,7H2,1-2H3,(H2,14,16). The van der Waals surface area contributed by atoms with E-state index in [1.807, 2.05) is 31.2 Å². The number of hydrogen-bond donors (Lipinski definition) is 2. The van der Waals surface area contributed by atoms with E-state index in [0.717, 1.165) is 10.2 Å². The number of nitrogens with two attached hydrogens (primary N) is 1. The lowest BCUT2D eigenvalue weighted by Crippen LogP contribution is -2.42. The first-order valence-corrected chi connectivity index (χ1v) is 6.14. The largest absolute Gasteiger partial charge is 0.384 e. The second-order valence-corrected chi connectivity index (χ2v) is 4.88. The summed E-state index contributed by atoms with van der Waals surface area (Å²) in [5, 5.41) is 3.12. The second kappa shape index (κ2) is 6.61. The molecule has 1 rings (SSSR count). The molecule has 1 amide bonds. The van der Waals surface area contributed by atoms with Gasteiger partial charge in [-0.25, -0.2) is 0 Å². The Morgan fingerprint density at radius 2 is 2.29 bits per heavy atom. The molecule has 0 aromatic heterocycles. The summed E-state index contributed by atoms with van der Waals surface area (Å²) >= 11 is 3.38. The van der Waals surface area contributed by atoms with E-state index < -0.39 is 6.04 Å². The highest BCUT2D eigenvalue weighted by Gasteiger charge is 2.22. The number of carbonyl (C=O) groups is 1. The Balaban J connectivity index is 2.76. The van der Waals surface area contributed by atoms with Gasteiger partial charge in [-0.15, -0.1) is 0 Å². The molecule has 17 heavy (non-hydrogen) atoms. The van der Waals surface area contributed by atoms with Crippen molar-refractivity contribution in [3.63, 3.8) is 0 Å². The van der Waals surface area contributed by atoms with E-state index in [1.54, 1.807) is 7.11 Å². The Hall–Kier alpha value is -1.07. The normalized spacial score (nSPS) is 14.1. The van der Waals surface area contributed by atoms with Gasteiger partial charge in [-0.05, 0) is 18.2 Å². The molecule has 5 heteroatoms. The van der Waals surface area contributed by atoms with Gasteiger partial charge >= 0.3 is 0 Å². The average Bonchev–Trinajstić information content (AvgIpc) is 2.26. The number of hydrogen-bond acceptors (Lipinski definition) is 3. The molecule has 2 atom stereocenters. The molecule has 0 saturated carbocycles. The van der Waals surface area contributed by atoms with Crippen LogP contribution >= 0.6 is 15.9 Å². The Morgan fingerprint density at radius 3 is 2.82 bits per heavy atom. The fraction of sp³-hybridized carbons (Fsp3) is 0.417. The maximum atomic E-state index is 11.4. The van der Waals surface area contributed by atoms with Gasteiger partial charge in [-0.2, -0.15) is 0 Å². The van der Waals surface area contributed by atoms with Crippen molar-refractivity contribution in [3.05, 3.63) is 28.7 Å². The molecular weight excluding hydrogens is 284 g/mol. The zero-order valence-corrected chi connectivity index (χ0v) is 11.5. The summed E-state index contributed by atoms with van der Waals surface area (Å²) in [5.41, 5.74) is 6.24. The minimum absolute atomic E-state index is 0.0106. The van der Waals surface area contributed by atoms with Crippen molar-refractivity contribution < 1.29 is 9.53 Å². The molecule has 0 heterocycles. The van der Waals surface area contributed by atoms with Gasteiger partial charge in [0.1, 0.15) is 6.04 Å². The summed E-state index contributed by atoms with van der Waals surface area (Å²) in [6.07, 6.45) is 0. The lowest BCUT2D eigenvalue weighted by atomic mass is 10.0. The van der Waals surface area contributed by atoms with Crippen molar-refractivity contribution in [2.45, 2.75) is 13.0 Å². The second-order valence-electron chi connectivity index (χ2n) is 3.97. The lowest BCUT2D eigenvalue weighted by Gasteiger charge is -2.22. The molecule has 2 unspecified atom stereocenters. The molecule has 0 bridgehead atoms. The summed E-state index contributed by atoms with van der Waals surface area (Å²) in [4.78, 5) is 11.4. The average molecular weight is 301 g/mol. The van der Waals surface area contributed by atoms with E-state index >= 15 is 0 Å². The van der Waals surface area contributed by atoms with Crippen LogP contribution in [-0.4, -0.2) is 25.7 Å². The van der Waals surface area contributed by atoms with Crippen LogP contribution in [0.5, 0.6) is 0 Å². The highest BCUT2D eigenvalue weighted by Crippen LogP contribution is 2.18. The minimum atomic E-state index is -0.441. The number of primary amides is 1. The van der Waals surface area contributed by atoms with E-state index in [-0.39, 0.29) is 11.8 Å². The molecule has 4 nitrogen and oxygen atoms in total. The van der Waals surface area contributed by atoms with E-state index in [2.05, 4.69) is 21.2 Å². The smallest absolute Gasteiger partial charge is 0.240 e. The number of anilines is 1. The van der Waals surface area contributed by atoms with Crippen LogP contribution in [-0.2, 0) is 9.53 Å². The van der Waals surface area contributed by atoms with Gasteiger partial charge in [-0.3, -0.25) is 4.79 Å². The Morgan fingerprint density at radius 1 is 1.59 bits per heavy atom. The SMILES string of the molecule is COCC(C)C(Nc1cccc(Br)c1)C(N)=O. The number of amides is 1. The molecule has 0 saturated heterocycles. The molecule has 0 radical (unpaired) electrons. The maximum Gasteiger partial charge on any atom is 0.240 e. The fourth-order valence-corrected chi connectivity index (χ4v) is 2.01. The van der Waals surface area contributed by atoms with Gasteiger partial charge in [-0.1, -0.05) is 28.9 Å². The minimum Gasteiger partial charge on any atom is -0.384 e. The summed E-state index contributed by atoms with van der Waals surface area (Å²) in [6.45, 7) is 2.40. The van der Waals surface area contributed by atoms with Crippen LogP contribution < -0.4 is 11.1 Å². The Kier molecular flexibility index (Phi) is 5.44. The summed E-state index contributed by atoms with van der Waals surface area (Å²) in [5.74, 6) is -0.369. The molecule has 0 aliphatic carbocycles. The van der Waals surface area contributed by atoms with Gasteiger partial charge in [0.15, 0.2) is 0 Å². The molecule has 1 aromatic carbocycles. The molecule has 0 spiro atoms. The third kappa shape index (κ3) is 4.36. The monoisotopic (exact) mass is 300 g/mol. The number of nitrogens with one attached hydrogen (secondary N) is 1. The first-order valence-electron chi connectivity index (χ1n) is 5.35. The van der Waals surface area contributed by atoms with Crippen LogP contribution in [0.2, 0.25) is 0 Å². The van der Waals surface area contributed by atoms with Crippen LogP contribution in [0.15, 0.2) is 28.7 Å². The number of rotatable bonds is 6. The summed E-state index contributed by atoms with van der Waals surface area (Å²) in [6, 6.07) is 7.16. The lowest BCUT2D eigenvalue weighted by molar-refractivity contribution is -0.120. The molecule has 0 fully saturated rings. The van der Waals surface area contributed by atoms with Crippen molar-refractivity contribution in [3.8, 4) is 0 Å². The van der Waals surface area contributed by atoms with Gasteiger partial charge < -0.3 is 15.8 Å². The van der Waals surface area contributed by atoms with Crippen molar-refractivity contribution in [2.24, 2.45) is 11.7 Å².